The summed E-state index contributed by atoms with van der Waals surface area (Å²) in [4.78, 5) is 9.43. The van der Waals surface area contributed by atoms with Crippen LogP contribution in [0.4, 0.5) is 0 Å². The van der Waals surface area contributed by atoms with Gasteiger partial charge in [-0.25, -0.2) is 4.98 Å². The minimum atomic E-state index is 0.515. The van der Waals surface area contributed by atoms with E-state index >= 15 is 0 Å². The number of likely N-dealkylation sites (tertiary alicyclic amines) is 1. The first-order valence-corrected chi connectivity index (χ1v) is 8.93. The molecule has 4 rings (SSSR count). The molecule has 0 unspecified atom stereocenters. The number of aryl methyl sites for hydroxylation is 2. The van der Waals surface area contributed by atoms with Crippen LogP contribution in [0.15, 0.2) is 42.9 Å². The van der Waals surface area contributed by atoms with Crippen LogP contribution in [0.2, 0.25) is 0 Å². The quantitative estimate of drug-likeness (QED) is 0.732. The van der Waals surface area contributed by atoms with Crippen molar-refractivity contribution in [3.8, 4) is 0 Å². The molecule has 0 saturated carbocycles. The van der Waals surface area contributed by atoms with Crippen molar-refractivity contribution >= 4 is 10.9 Å². The normalized spacial score (nSPS) is 21.6. The molecule has 1 aliphatic heterocycles. The van der Waals surface area contributed by atoms with E-state index in [1.165, 1.54) is 16.5 Å². The van der Waals surface area contributed by atoms with Crippen LogP contribution in [0.3, 0.4) is 0 Å². The van der Waals surface area contributed by atoms with Crippen molar-refractivity contribution in [1.82, 2.24) is 23.9 Å². The van der Waals surface area contributed by atoms with Crippen LogP contribution in [-0.4, -0.2) is 57.1 Å². The molecule has 132 valence electrons. The maximum atomic E-state index is 4.50. The van der Waals surface area contributed by atoms with Crippen molar-refractivity contribution in [1.29, 1.82) is 0 Å². The molecule has 5 nitrogen and oxygen atoms in total. The fourth-order valence-electron chi connectivity index (χ4n) is 4.24. The highest BCUT2D eigenvalue weighted by Gasteiger charge is 2.36. The van der Waals surface area contributed by atoms with E-state index in [1.807, 2.05) is 12.4 Å². The Morgan fingerprint density at radius 2 is 1.92 bits per heavy atom. The highest BCUT2D eigenvalue weighted by molar-refractivity contribution is 5.84. The smallest absolute Gasteiger partial charge is 0.122 e. The molecule has 0 spiro atoms. The SMILES string of the molecule is CN(C)[C@H]1CN(Cc2nccn2C)C[C@@H]1c1cn(C)c2ccccc12. The van der Waals surface area contributed by atoms with E-state index in [-0.39, 0.29) is 0 Å². The first-order valence-electron chi connectivity index (χ1n) is 8.93. The summed E-state index contributed by atoms with van der Waals surface area (Å²) >= 11 is 0. The van der Waals surface area contributed by atoms with E-state index in [9.17, 15) is 0 Å². The number of imidazole rings is 1. The number of rotatable bonds is 4. The monoisotopic (exact) mass is 337 g/mol. The number of benzene rings is 1. The molecule has 1 aliphatic rings. The van der Waals surface area contributed by atoms with Gasteiger partial charge in [0.15, 0.2) is 0 Å². The highest BCUT2D eigenvalue weighted by atomic mass is 15.3. The van der Waals surface area contributed by atoms with Gasteiger partial charge in [0.05, 0.1) is 6.54 Å². The molecular weight excluding hydrogens is 310 g/mol. The summed E-state index contributed by atoms with van der Waals surface area (Å²) in [6, 6.07) is 9.27. The van der Waals surface area contributed by atoms with Gasteiger partial charge in [0.1, 0.15) is 5.82 Å². The molecule has 1 aromatic carbocycles. The summed E-state index contributed by atoms with van der Waals surface area (Å²) in [5.74, 6) is 1.65. The Kier molecular flexibility index (Phi) is 4.13. The zero-order valence-corrected chi connectivity index (χ0v) is 15.6. The van der Waals surface area contributed by atoms with Gasteiger partial charge in [-0.1, -0.05) is 18.2 Å². The van der Waals surface area contributed by atoms with Gasteiger partial charge in [0, 0.05) is 68.6 Å². The summed E-state index contributed by atoms with van der Waals surface area (Å²) < 4.78 is 4.38. The van der Waals surface area contributed by atoms with E-state index in [0.717, 1.165) is 25.5 Å². The van der Waals surface area contributed by atoms with Crippen LogP contribution in [0, 0.1) is 0 Å². The van der Waals surface area contributed by atoms with Gasteiger partial charge < -0.3 is 14.0 Å². The average molecular weight is 337 g/mol. The molecule has 0 aliphatic carbocycles. The van der Waals surface area contributed by atoms with Crippen LogP contribution in [-0.2, 0) is 20.6 Å². The zero-order chi connectivity index (χ0) is 17.6. The third-order valence-electron chi connectivity index (χ3n) is 5.64. The molecule has 5 heteroatoms. The molecular formula is C20H27N5. The lowest BCUT2D eigenvalue weighted by Gasteiger charge is -2.25. The van der Waals surface area contributed by atoms with Gasteiger partial charge in [0.25, 0.3) is 0 Å². The number of hydrogen-bond donors (Lipinski definition) is 0. The second-order valence-corrected chi connectivity index (χ2v) is 7.50. The number of nitrogens with zero attached hydrogens (tertiary/aromatic N) is 5. The largest absolute Gasteiger partial charge is 0.350 e. The van der Waals surface area contributed by atoms with Gasteiger partial charge in [-0.3, -0.25) is 4.90 Å². The Bertz CT molecular complexity index is 875. The Hall–Kier alpha value is -2.11. The van der Waals surface area contributed by atoms with Gasteiger partial charge in [-0.05, 0) is 25.7 Å². The zero-order valence-electron chi connectivity index (χ0n) is 15.6. The van der Waals surface area contributed by atoms with Crippen LogP contribution < -0.4 is 0 Å². The first-order chi connectivity index (χ1) is 12.0. The average Bonchev–Trinajstić information content (AvgIpc) is 3.27. The summed E-state index contributed by atoms with van der Waals surface area (Å²) in [5.41, 5.74) is 2.79. The van der Waals surface area contributed by atoms with Crippen LogP contribution in [0.25, 0.3) is 10.9 Å². The predicted octanol–water partition coefficient (Wildman–Crippen LogP) is 2.44. The number of likely N-dealkylation sites (N-methyl/N-ethyl adjacent to an activating group) is 1. The second-order valence-electron chi connectivity index (χ2n) is 7.50. The third-order valence-corrected chi connectivity index (χ3v) is 5.64. The Balaban J connectivity index is 1.66. The number of para-hydroxylation sites is 1. The van der Waals surface area contributed by atoms with Crippen molar-refractivity contribution in [3.05, 3.63) is 54.2 Å². The minimum Gasteiger partial charge on any atom is -0.350 e. The van der Waals surface area contributed by atoms with E-state index in [1.54, 1.807) is 0 Å². The highest BCUT2D eigenvalue weighted by Crippen LogP contribution is 2.35. The van der Waals surface area contributed by atoms with Crippen molar-refractivity contribution in [3.63, 3.8) is 0 Å². The van der Waals surface area contributed by atoms with Gasteiger partial charge >= 0.3 is 0 Å². The van der Waals surface area contributed by atoms with Crippen LogP contribution in [0.1, 0.15) is 17.3 Å². The molecule has 25 heavy (non-hydrogen) atoms. The summed E-state index contributed by atoms with van der Waals surface area (Å²) in [7, 11) is 8.63. The molecule has 0 N–H and O–H groups in total. The second kappa shape index (κ2) is 6.32. The summed E-state index contributed by atoms with van der Waals surface area (Å²) in [6.07, 6.45) is 6.24. The standard InChI is InChI=1S/C20H27N5/c1-22(2)19-13-25(14-20-21-9-10-23(20)3)12-17(19)16-11-24(4)18-8-6-5-7-15(16)18/h5-11,17,19H,12-14H2,1-4H3/t17-,19+/m1/s1. The van der Waals surface area contributed by atoms with Crippen molar-refractivity contribution < 1.29 is 0 Å². The lowest BCUT2D eigenvalue weighted by atomic mass is 9.93. The van der Waals surface area contributed by atoms with Crippen LogP contribution >= 0.6 is 0 Å². The van der Waals surface area contributed by atoms with Crippen molar-refractivity contribution in [2.24, 2.45) is 14.1 Å². The molecule has 3 heterocycles. The third kappa shape index (κ3) is 2.87. The molecule has 1 fully saturated rings. The molecule has 0 amide bonds. The molecule has 2 atom stereocenters. The Morgan fingerprint density at radius 1 is 1.12 bits per heavy atom. The number of aromatic nitrogens is 3. The topological polar surface area (TPSA) is 29.2 Å². The maximum absolute atomic E-state index is 4.50. The van der Waals surface area contributed by atoms with Gasteiger partial charge in [0.2, 0.25) is 0 Å². The van der Waals surface area contributed by atoms with E-state index in [0.29, 0.717) is 12.0 Å². The molecule has 2 aromatic heterocycles. The fraction of sp³-hybridized carbons (Fsp3) is 0.450. The van der Waals surface area contributed by atoms with Gasteiger partial charge in [-0.2, -0.15) is 0 Å². The Morgan fingerprint density at radius 3 is 2.64 bits per heavy atom. The first kappa shape index (κ1) is 16.4. The lowest BCUT2D eigenvalue weighted by molar-refractivity contribution is 0.256. The van der Waals surface area contributed by atoms with E-state index in [4.69, 9.17) is 0 Å². The summed E-state index contributed by atoms with van der Waals surface area (Å²) in [5, 5.41) is 1.39. The van der Waals surface area contributed by atoms with Crippen molar-refractivity contribution in [2.45, 2.75) is 18.5 Å². The summed E-state index contributed by atoms with van der Waals surface area (Å²) in [6.45, 7) is 3.06. The number of fused-ring (bicyclic) bond motifs is 1. The maximum Gasteiger partial charge on any atom is 0.122 e. The Labute approximate surface area is 149 Å². The van der Waals surface area contributed by atoms with Crippen molar-refractivity contribution in [2.75, 3.05) is 27.2 Å². The fourth-order valence-corrected chi connectivity index (χ4v) is 4.24. The van der Waals surface area contributed by atoms with Gasteiger partial charge in [-0.15, -0.1) is 0 Å². The molecule has 1 saturated heterocycles. The van der Waals surface area contributed by atoms with E-state index in [2.05, 4.69) is 82.6 Å². The predicted molar refractivity (Wildman–Crippen MR) is 102 cm³/mol. The van der Waals surface area contributed by atoms with Crippen LogP contribution in [0.5, 0.6) is 0 Å². The van der Waals surface area contributed by atoms with E-state index < -0.39 is 0 Å². The minimum absolute atomic E-state index is 0.515. The molecule has 0 radical (unpaired) electrons. The molecule has 0 bridgehead atoms. The number of hydrogen-bond acceptors (Lipinski definition) is 3. The lowest BCUT2D eigenvalue weighted by Crippen LogP contribution is -2.34. The molecule has 3 aromatic rings.